The molecule has 2 aromatic rings. The van der Waals surface area contributed by atoms with Crippen molar-refractivity contribution in [3.63, 3.8) is 0 Å². The molecule has 1 heterocycles. The SMILES string of the molecule is C[C@@H](NC(=O)COC(=O)/C=C/c1cccc([N+](=O)[O-])c1)c1cccs1. The van der Waals surface area contributed by atoms with Gasteiger partial charge in [0.15, 0.2) is 6.61 Å². The molecule has 8 heteroatoms. The van der Waals surface area contributed by atoms with Crippen LogP contribution >= 0.6 is 11.3 Å². The molecule has 0 aliphatic carbocycles. The summed E-state index contributed by atoms with van der Waals surface area (Å²) in [7, 11) is 0. The van der Waals surface area contributed by atoms with E-state index in [0.717, 1.165) is 11.0 Å². The van der Waals surface area contributed by atoms with Crippen molar-refractivity contribution >= 4 is 35.0 Å². The highest BCUT2D eigenvalue weighted by atomic mass is 32.1. The maximum atomic E-state index is 11.8. The summed E-state index contributed by atoms with van der Waals surface area (Å²) >= 11 is 1.52. The highest BCUT2D eigenvalue weighted by molar-refractivity contribution is 7.10. The number of hydrogen-bond donors (Lipinski definition) is 1. The van der Waals surface area contributed by atoms with Gasteiger partial charge in [0, 0.05) is 23.1 Å². The van der Waals surface area contributed by atoms with Crippen LogP contribution in [0.15, 0.2) is 47.9 Å². The monoisotopic (exact) mass is 360 g/mol. The molecule has 0 spiro atoms. The Hall–Kier alpha value is -3.00. The average Bonchev–Trinajstić information content (AvgIpc) is 3.13. The molecule has 2 rings (SSSR count). The van der Waals surface area contributed by atoms with Gasteiger partial charge in [0.05, 0.1) is 11.0 Å². The zero-order valence-corrected chi connectivity index (χ0v) is 14.2. The number of thiophene rings is 1. The number of nitrogens with one attached hydrogen (secondary N) is 1. The van der Waals surface area contributed by atoms with Crippen molar-refractivity contribution < 1.29 is 19.2 Å². The lowest BCUT2D eigenvalue weighted by molar-refractivity contribution is -0.384. The second kappa shape index (κ2) is 8.74. The number of hydrogen-bond acceptors (Lipinski definition) is 6. The van der Waals surface area contributed by atoms with Gasteiger partial charge in [-0.25, -0.2) is 4.79 Å². The van der Waals surface area contributed by atoms with Gasteiger partial charge in [-0.15, -0.1) is 11.3 Å². The van der Waals surface area contributed by atoms with Crippen molar-refractivity contribution in [2.75, 3.05) is 6.61 Å². The standard InChI is InChI=1S/C17H16N2O5S/c1-12(15-6-3-9-25-15)18-16(20)11-24-17(21)8-7-13-4-2-5-14(10-13)19(22)23/h2-10,12H,11H2,1H3,(H,18,20)/b8-7+/t12-/m1/s1. The van der Waals surface area contributed by atoms with Gasteiger partial charge in [-0.05, 0) is 30.0 Å². The van der Waals surface area contributed by atoms with Crippen molar-refractivity contribution in [2.45, 2.75) is 13.0 Å². The molecule has 1 aromatic carbocycles. The first-order valence-electron chi connectivity index (χ1n) is 7.38. The third-order valence-electron chi connectivity index (χ3n) is 3.19. The molecular weight excluding hydrogens is 344 g/mol. The van der Waals surface area contributed by atoms with Gasteiger partial charge in [0.1, 0.15) is 0 Å². The molecule has 1 aromatic heterocycles. The topological polar surface area (TPSA) is 98.5 Å². The molecule has 130 valence electrons. The molecule has 1 N–H and O–H groups in total. The van der Waals surface area contributed by atoms with Crippen LogP contribution in [0.1, 0.15) is 23.4 Å². The number of nitro benzene ring substituents is 1. The van der Waals surface area contributed by atoms with Crippen LogP contribution in [0.4, 0.5) is 5.69 Å². The molecule has 0 fully saturated rings. The number of carbonyl (C=O) groups excluding carboxylic acids is 2. The summed E-state index contributed by atoms with van der Waals surface area (Å²) < 4.78 is 4.85. The molecule has 0 radical (unpaired) electrons. The predicted molar refractivity (Wildman–Crippen MR) is 94.0 cm³/mol. The van der Waals surface area contributed by atoms with Gasteiger partial charge < -0.3 is 10.1 Å². The Balaban J connectivity index is 1.81. The quantitative estimate of drug-likeness (QED) is 0.354. The summed E-state index contributed by atoms with van der Waals surface area (Å²) in [5.41, 5.74) is 0.416. The fraction of sp³-hybridized carbons (Fsp3) is 0.176. The van der Waals surface area contributed by atoms with Crippen molar-refractivity contribution in [3.8, 4) is 0 Å². The predicted octanol–water partition coefficient (Wildman–Crippen LogP) is 3.09. The van der Waals surface area contributed by atoms with Gasteiger partial charge >= 0.3 is 5.97 Å². The third kappa shape index (κ3) is 5.85. The van der Waals surface area contributed by atoms with Crippen molar-refractivity contribution in [1.29, 1.82) is 0 Å². The summed E-state index contributed by atoms with van der Waals surface area (Å²) in [5.74, 6) is -1.11. The number of benzene rings is 1. The van der Waals surface area contributed by atoms with Crippen molar-refractivity contribution in [1.82, 2.24) is 5.32 Å². The van der Waals surface area contributed by atoms with Gasteiger partial charge in [0.25, 0.3) is 11.6 Å². The molecule has 0 saturated heterocycles. The largest absolute Gasteiger partial charge is 0.452 e. The number of carbonyl (C=O) groups is 2. The van der Waals surface area contributed by atoms with Gasteiger partial charge in [-0.1, -0.05) is 18.2 Å². The molecule has 7 nitrogen and oxygen atoms in total. The lowest BCUT2D eigenvalue weighted by Gasteiger charge is -2.11. The molecule has 0 aliphatic rings. The first-order valence-corrected chi connectivity index (χ1v) is 8.25. The van der Waals surface area contributed by atoms with Crippen molar-refractivity contribution in [3.05, 3.63) is 68.4 Å². The normalized spacial score (nSPS) is 11.9. The Bertz CT molecular complexity index is 786. The van der Waals surface area contributed by atoms with E-state index >= 15 is 0 Å². The minimum absolute atomic E-state index is 0.0718. The Morgan fingerprint density at radius 2 is 2.16 bits per heavy atom. The fourth-order valence-electron chi connectivity index (χ4n) is 1.98. The summed E-state index contributed by atoms with van der Waals surface area (Å²) in [5, 5.41) is 15.3. The molecule has 0 unspecified atom stereocenters. The Labute approximate surface area is 148 Å². The van der Waals surface area contributed by atoms with E-state index in [1.54, 1.807) is 6.07 Å². The van der Waals surface area contributed by atoms with E-state index in [2.05, 4.69) is 5.32 Å². The summed E-state index contributed by atoms with van der Waals surface area (Å²) in [6.45, 7) is 1.45. The van der Waals surface area contributed by atoms with Crippen LogP contribution < -0.4 is 5.32 Å². The first kappa shape index (κ1) is 18.3. The highest BCUT2D eigenvalue weighted by Crippen LogP contribution is 2.17. The Kier molecular flexibility index (Phi) is 6.41. The van der Waals surface area contributed by atoms with E-state index < -0.39 is 23.4 Å². The average molecular weight is 360 g/mol. The second-order valence-electron chi connectivity index (χ2n) is 5.10. The maximum absolute atomic E-state index is 11.8. The number of esters is 1. The Morgan fingerprint density at radius 1 is 1.36 bits per heavy atom. The number of rotatable bonds is 7. The van der Waals surface area contributed by atoms with Gasteiger partial charge in [-0.2, -0.15) is 0 Å². The van der Waals surface area contributed by atoms with Gasteiger partial charge in [0.2, 0.25) is 0 Å². The minimum Gasteiger partial charge on any atom is -0.452 e. The summed E-state index contributed by atoms with van der Waals surface area (Å²) in [6, 6.07) is 9.46. The molecule has 1 atom stereocenters. The first-order chi connectivity index (χ1) is 12.0. The van der Waals surface area contributed by atoms with Crippen LogP contribution in [0.5, 0.6) is 0 Å². The molecule has 0 bridgehead atoms. The molecule has 1 amide bonds. The number of nitrogens with zero attached hydrogens (tertiary/aromatic N) is 1. The zero-order valence-electron chi connectivity index (χ0n) is 13.4. The fourth-order valence-corrected chi connectivity index (χ4v) is 2.72. The van der Waals surface area contributed by atoms with Crippen molar-refractivity contribution in [2.24, 2.45) is 0 Å². The lowest BCUT2D eigenvalue weighted by atomic mass is 10.2. The van der Waals surface area contributed by atoms with Crippen LogP contribution in [-0.2, 0) is 14.3 Å². The van der Waals surface area contributed by atoms with E-state index in [1.165, 1.54) is 35.6 Å². The second-order valence-corrected chi connectivity index (χ2v) is 6.08. The number of non-ortho nitro benzene ring substituents is 1. The molecule has 25 heavy (non-hydrogen) atoms. The molecule has 0 aliphatic heterocycles. The summed E-state index contributed by atoms with van der Waals surface area (Å²) in [4.78, 5) is 34.6. The number of amides is 1. The van der Waals surface area contributed by atoms with Crippen LogP contribution in [-0.4, -0.2) is 23.4 Å². The minimum atomic E-state index is -0.703. The van der Waals surface area contributed by atoms with Crippen LogP contribution in [0.2, 0.25) is 0 Å². The highest BCUT2D eigenvalue weighted by Gasteiger charge is 2.11. The third-order valence-corrected chi connectivity index (χ3v) is 4.24. The van der Waals surface area contributed by atoms with Crippen LogP contribution in [0.3, 0.4) is 0 Å². The number of ether oxygens (including phenoxy) is 1. The number of nitro groups is 1. The van der Waals surface area contributed by atoms with E-state index in [-0.39, 0.29) is 11.7 Å². The van der Waals surface area contributed by atoms with Crippen LogP contribution in [0, 0.1) is 10.1 Å². The smallest absolute Gasteiger partial charge is 0.331 e. The molecular formula is C17H16N2O5S. The lowest BCUT2D eigenvalue weighted by Crippen LogP contribution is -2.30. The van der Waals surface area contributed by atoms with E-state index in [4.69, 9.17) is 4.74 Å². The van der Waals surface area contributed by atoms with E-state index in [1.807, 2.05) is 24.4 Å². The van der Waals surface area contributed by atoms with E-state index in [0.29, 0.717) is 5.56 Å². The molecule has 0 saturated carbocycles. The van der Waals surface area contributed by atoms with E-state index in [9.17, 15) is 19.7 Å². The zero-order chi connectivity index (χ0) is 18.2. The maximum Gasteiger partial charge on any atom is 0.331 e. The summed E-state index contributed by atoms with van der Waals surface area (Å²) in [6.07, 6.45) is 2.51. The Morgan fingerprint density at radius 3 is 2.84 bits per heavy atom. The van der Waals surface area contributed by atoms with Gasteiger partial charge in [-0.3, -0.25) is 14.9 Å². The van der Waals surface area contributed by atoms with Crippen LogP contribution in [0.25, 0.3) is 6.08 Å².